The van der Waals surface area contributed by atoms with E-state index in [1.165, 1.54) is 51.7 Å². The first-order chi connectivity index (χ1) is 15.8. The van der Waals surface area contributed by atoms with Gasteiger partial charge in [0, 0.05) is 6.07 Å². The lowest BCUT2D eigenvalue weighted by Gasteiger charge is -2.24. The zero-order chi connectivity index (χ0) is 24.0. The molecule has 0 radical (unpaired) electrons. The van der Waals surface area contributed by atoms with Crippen molar-refractivity contribution in [2.75, 3.05) is 37.5 Å². The van der Waals surface area contributed by atoms with Gasteiger partial charge in [-0.15, -0.1) is 0 Å². The van der Waals surface area contributed by atoms with Crippen molar-refractivity contribution in [1.29, 1.82) is 0 Å². The van der Waals surface area contributed by atoms with Crippen molar-refractivity contribution < 1.29 is 31.8 Å². The van der Waals surface area contributed by atoms with Crippen LogP contribution in [0.1, 0.15) is 0 Å². The Balaban J connectivity index is 1.99. The van der Waals surface area contributed by atoms with Gasteiger partial charge in [0.25, 0.3) is 10.0 Å². The number of para-hydroxylation sites is 2. The highest BCUT2D eigenvalue weighted by Gasteiger charge is 2.28. The molecule has 10 heteroatoms. The number of halogens is 1. The van der Waals surface area contributed by atoms with Crippen LogP contribution in [-0.4, -0.2) is 42.2 Å². The largest absolute Gasteiger partial charge is 0.495 e. The maximum atomic E-state index is 13.5. The number of rotatable bonds is 9. The molecular formula is C23H23FN2O6S. The number of ether oxygens (including phenoxy) is 3. The van der Waals surface area contributed by atoms with Gasteiger partial charge in [0.15, 0.2) is 11.5 Å². The number of anilines is 2. The number of methoxy groups -OCH3 is 3. The number of carbonyl (C=O) groups is 1. The molecule has 0 aliphatic heterocycles. The lowest BCUT2D eigenvalue weighted by Crippen LogP contribution is -2.38. The Morgan fingerprint density at radius 3 is 2.15 bits per heavy atom. The molecule has 3 aromatic carbocycles. The van der Waals surface area contributed by atoms with Crippen molar-refractivity contribution in [2.45, 2.75) is 4.90 Å². The summed E-state index contributed by atoms with van der Waals surface area (Å²) in [4.78, 5) is 12.7. The minimum atomic E-state index is -4.24. The number of hydrogen-bond donors (Lipinski definition) is 1. The summed E-state index contributed by atoms with van der Waals surface area (Å²) < 4.78 is 57.0. The van der Waals surface area contributed by atoms with E-state index in [-0.39, 0.29) is 16.3 Å². The first-order valence-electron chi connectivity index (χ1n) is 9.73. The third-order valence-electron chi connectivity index (χ3n) is 4.73. The van der Waals surface area contributed by atoms with Crippen LogP contribution < -0.4 is 23.8 Å². The van der Waals surface area contributed by atoms with Crippen LogP contribution in [0.3, 0.4) is 0 Å². The fourth-order valence-corrected chi connectivity index (χ4v) is 4.53. The van der Waals surface area contributed by atoms with E-state index < -0.39 is 28.3 Å². The lowest BCUT2D eigenvalue weighted by molar-refractivity contribution is -0.114. The van der Waals surface area contributed by atoms with Crippen molar-refractivity contribution in [2.24, 2.45) is 0 Å². The van der Waals surface area contributed by atoms with Crippen molar-refractivity contribution in [1.82, 2.24) is 0 Å². The summed E-state index contributed by atoms with van der Waals surface area (Å²) in [6.07, 6.45) is 0. The van der Waals surface area contributed by atoms with Gasteiger partial charge in [-0.1, -0.05) is 12.1 Å². The van der Waals surface area contributed by atoms with Crippen molar-refractivity contribution in [3.05, 3.63) is 72.5 Å². The molecule has 0 saturated heterocycles. The van der Waals surface area contributed by atoms with Crippen LogP contribution in [0, 0.1) is 5.82 Å². The first kappa shape index (κ1) is 23.9. The smallest absolute Gasteiger partial charge is 0.264 e. The number of carbonyl (C=O) groups excluding carboxylic acids is 1. The van der Waals surface area contributed by atoms with Crippen LogP contribution in [0.5, 0.6) is 17.2 Å². The molecule has 1 amide bonds. The number of amides is 1. The fourth-order valence-electron chi connectivity index (χ4n) is 3.09. The molecule has 0 fully saturated rings. The third kappa shape index (κ3) is 5.35. The van der Waals surface area contributed by atoms with Crippen LogP contribution >= 0.6 is 0 Å². The zero-order valence-corrected chi connectivity index (χ0v) is 19.1. The number of nitrogens with zero attached hydrogens (tertiary/aromatic N) is 1. The summed E-state index contributed by atoms with van der Waals surface area (Å²) in [7, 11) is 0.0226. The van der Waals surface area contributed by atoms with E-state index in [0.717, 1.165) is 16.4 Å². The fraction of sp³-hybridized carbons (Fsp3) is 0.174. The summed E-state index contributed by atoms with van der Waals surface area (Å²) >= 11 is 0. The molecule has 0 spiro atoms. The van der Waals surface area contributed by atoms with Gasteiger partial charge in [-0.05, 0) is 48.5 Å². The SMILES string of the molecule is COc1ccccc1NC(=O)CN(c1ccc(F)cc1)S(=O)(=O)c1ccc(OC)c(OC)c1. The molecule has 8 nitrogen and oxygen atoms in total. The Labute approximate surface area is 191 Å². The van der Waals surface area contributed by atoms with E-state index in [1.807, 2.05) is 0 Å². The molecule has 0 aliphatic carbocycles. The summed E-state index contributed by atoms with van der Waals surface area (Å²) in [6.45, 7) is -0.569. The molecule has 0 heterocycles. The van der Waals surface area contributed by atoms with Crippen LogP contribution in [0.4, 0.5) is 15.8 Å². The maximum Gasteiger partial charge on any atom is 0.264 e. The van der Waals surface area contributed by atoms with Gasteiger partial charge in [-0.2, -0.15) is 0 Å². The molecule has 0 bridgehead atoms. The minimum Gasteiger partial charge on any atom is -0.495 e. The molecule has 33 heavy (non-hydrogen) atoms. The molecular weight excluding hydrogens is 451 g/mol. The van der Waals surface area contributed by atoms with E-state index in [4.69, 9.17) is 14.2 Å². The van der Waals surface area contributed by atoms with Crippen LogP contribution in [0.2, 0.25) is 0 Å². The Morgan fingerprint density at radius 1 is 0.879 bits per heavy atom. The first-order valence-corrected chi connectivity index (χ1v) is 11.2. The van der Waals surface area contributed by atoms with Gasteiger partial charge < -0.3 is 19.5 Å². The number of benzene rings is 3. The Morgan fingerprint density at radius 2 is 1.52 bits per heavy atom. The normalized spacial score (nSPS) is 10.9. The average Bonchev–Trinajstić information content (AvgIpc) is 2.83. The number of hydrogen-bond acceptors (Lipinski definition) is 6. The van der Waals surface area contributed by atoms with E-state index in [0.29, 0.717) is 17.2 Å². The van der Waals surface area contributed by atoms with Gasteiger partial charge in [0.1, 0.15) is 18.1 Å². The van der Waals surface area contributed by atoms with Crippen molar-refractivity contribution in [3.63, 3.8) is 0 Å². The van der Waals surface area contributed by atoms with E-state index in [9.17, 15) is 17.6 Å². The highest BCUT2D eigenvalue weighted by atomic mass is 32.2. The van der Waals surface area contributed by atoms with Crippen molar-refractivity contribution >= 4 is 27.3 Å². The summed E-state index contributed by atoms with van der Waals surface area (Å²) in [5.41, 5.74) is 0.494. The molecule has 3 aromatic rings. The predicted molar refractivity (Wildman–Crippen MR) is 122 cm³/mol. The van der Waals surface area contributed by atoms with E-state index in [2.05, 4.69) is 5.32 Å². The Bertz CT molecular complexity index is 1230. The second-order valence-electron chi connectivity index (χ2n) is 6.75. The molecule has 0 saturated carbocycles. The number of sulfonamides is 1. The molecule has 0 unspecified atom stereocenters. The Hall–Kier alpha value is -3.79. The van der Waals surface area contributed by atoms with Gasteiger partial charge in [0.2, 0.25) is 5.91 Å². The molecule has 1 N–H and O–H groups in total. The van der Waals surface area contributed by atoms with Gasteiger partial charge >= 0.3 is 0 Å². The maximum absolute atomic E-state index is 13.5. The third-order valence-corrected chi connectivity index (χ3v) is 6.50. The highest BCUT2D eigenvalue weighted by molar-refractivity contribution is 7.92. The van der Waals surface area contributed by atoms with Gasteiger partial charge in [-0.3, -0.25) is 9.10 Å². The van der Waals surface area contributed by atoms with Crippen LogP contribution in [0.25, 0.3) is 0 Å². The highest BCUT2D eigenvalue weighted by Crippen LogP contribution is 2.32. The van der Waals surface area contributed by atoms with E-state index in [1.54, 1.807) is 24.3 Å². The Kier molecular flexibility index (Phi) is 7.39. The van der Waals surface area contributed by atoms with Gasteiger partial charge in [0.05, 0.1) is 37.6 Å². The summed E-state index contributed by atoms with van der Waals surface area (Å²) in [6, 6.07) is 15.6. The molecule has 174 valence electrons. The second kappa shape index (κ2) is 10.2. The molecule has 3 rings (SSSR count). The van der Waals surface area contributed by atoms with Crippen molar-refractivity contribution in [3.8, 4) is 17.2 Å². The molecule has 0 atom stereocenters. The monoisotopic (exact) mass is 474 g/mol. The second-order valence-corrected chi connectivity index (χ2v) is 8.62. The zero-order valence-electron chi connectivity index (χ0n) is 18.2. The minimum absolute atomic E-state index is 0.112. The molecule has 0 aliphatic rings. The predicted octanol–water partition coefficient (Wildman–Crippen LogP) is 3.69. The van der Waals surface area contributed by atoms with E-state index >= 15 is 0 Å². The summed E-state index contributed by atoms with van der Waals surface area (Å²) in [5, 5.41) is 2.65. The molecule has 0 aromatic heterocycles. The van der Waals surface area contributed by atoms with Crippen LogP contribution in [-0.2, 0) is 14.8 Å². The average molecular weight is 475 g/mol. The lowest BCUT2D eigenvalue weighted by atomic mass is 10.3. The van der Waals surface area contributed by atoms with Crippen LogP contribution in [0.15, 0.2) is 71.6 Å². The summed E-state index contributed by atoms with van der Waals surface area (Å²) in [5.74, 6) is -0.190. The topological polar surface area (TPSA) is 94.2 Å². The standard InChI is InChI=1S/C23H23FN2O6S/c1-30-20-7-5-4-6-19(20)25-23(27)15-26(17-10-8-16(24)9-11-17)33(28,29)18-12-13-21(31-2)22(14-18)32-3/h4-14H,15H2,1-3H3,(H,25,27). The van der Waals surface area contributed by atoms with Gasteiger partial charge in [-0.25, -0.2) is 12.8 Å². The number of nitrogens with one attached hydrogen (secondary N) is 1. The quantitative estimate of drug-likeness (QED) is 0.509.